The van der Waals surface area contributed by atoms with Gasteiger partial charge in [0.2, 0.25) is 0 Å². The van der Waals surface area contributed by atoms with Crippen molar-refractivity contribution in [3.63, 3.8) is 0 Å². The van der Waals surface area contributed by atoms with E-state index in [-0.39, 0.29) is 5.69 Å². The average Bonchev–Trinajstić information content (AvgIpc) is 2.97. The Kier molecular flexibility index (Phi) is 3.09. The van der Waals surface area contributed by atoms with E-state index in [2.05, 4.69) is 25.9 Å². The van der Waals surface area contributed by atoms with Crippen molar-refractivity contribution < 1.29 is 4.92 Å². The molecule has 4 aromatic rings. The summed E-state index contributed by atoms with van der Waals surface area (Å²) < 4.78 is 2.36. The largest absolute Gasteiger partial charge is 0.300 e. The van der Waals surface area contributed by atoms with Gasteiger partial charge in [-0.3, -0.25) is 19.7 Å². The van der Waals surface area contributed by atoms with Crippen molar-refractivity contribution in [3.05, 3.63) is 69.7 Å². The molecule has 0 aliphatic rings. The van der Waals surface area contributed by atoms with Crippen molar-refractivity contribution in [1.82, 2.24) is 14.5 Å². The van der Waals surface area contributed by atoms with Gasteiger partial charge in [-0.05, 0) is 45.6 Å². The van der Waals surface area contributed by atoms with Crippen molar-refractivity contribution in [2.75, 3.05) is 0 Å². The van der Waals surface area contributed by atoms with Crippen molar-refractivity contribution in [2.24, 2.45) is 0 Å². The van der Waals surface area contributed by atoms with E-state index in [4.69, 9.17) is 0 Å². The van der Waals surface area contributed by atoms with E-state index in [9.17, 15) is 10.1 Å². The number of hydrogen-bond donors (Lipinski definition) is 0. The van der Waals surface area contributed by atoms with Crippen LogP contribution in [0.1, 0.15) is 0 Å². The zero-order valence-corrected chi connectivity index (χ0v) is 13.3. The van der Waals surface area contributed by atoms with E-state index in [1.54, 1.807) is 30.7 Å². The van der Waals surface area contributed by atoms with Gasteiger partial charge in [0.05, 0.1) is 21.1 Å². The summed E-state index contributed by atoms with van der Waals surface area (Å²) in [6.07, 6.45) is 7.13. The van der Waals surface area contributed by atoms with Crippen LogP contribution in [-0.4, -0.2) is 19.5 Å². The third kappa shape index (κ3) is 2.25. The summed E-state index contributed by atoms with van der Waals surface area (Å²) >= 11 is 3.22. The van der Waals surface area contributed by atoms with Crippen LogP contribution in [0.4, 0.5) is 5.69 Å². The lowest BCUT2D eigenvalue weighted by Gasteiger charge is -2.06. The maximum Gasteiger partial charge on any atom is 0.284 e. The molecule has 4 rings (SSSR count). The molecule has 0 fully saturated rings. The summed E-state index contributed by atoms with van der Waals surface area (Å²) in [7, 11) is 0. The zero-order chi connectivity index (χ0) is 16.0. The van der Waals surface area contributed by atoms with Crippen LogP contribution in [0, 0.1) is 10.1 Å². The van der Waals surface area contributed by atoms with E-state index in [0.29, 0.717) is 10.3 Å². The van der Waals surface area contributed by atoms with Crippen molar-refractivity contribution in [3.8, 4) is 5.82 Å². The van der Waals surface area contributed by atoms with Crippen LogP contribution in [0.15, 0.2) is 59.6 Å². The lowest BCUT2D eigenvalue weighted by Crippen LogP contribution is -1.96. The van der Waals surface area contributed by atoms with Gasteiger partial charge < -0.3 is 0 Å². The smallest absolute Gasteiger partial charge is 0.284 e. The normalized spacial score (nSPS) is 11.2. The molecule has 112 valence electrons. The van der Waals surface area contributed by atoms with Crippen LogP contribution in [0.2, 0.25) is 0 Å². The fraction of sp³-hybridized carbons (Fsp3) is 0. The molecule has 0 saturated carbocycles. The maximum absolute atomic E-state index is 11.1. The predicted octanol–water partition coefficient (Wildman–Crippen LogP) is 4.24. The van der Waals surface area contributed by atoms with Gasteiger partial charge in [0.25, 0.3) is 5.69 Å². The Morgan fingerprint density at radius 3 is 2.78 bits per heavy atom. The Balaban J connectivity index is 1.94. The Morgan fingerprint density at radius 1 is 1.09 bits per heavy atom. The first kappa shape index (κ1) is 13.8. The minimum atomic E-state index is -0.404. The van der Waals surface area contributed by atoms with E-state index < -0.39 is 4.92 Å². The molecule has 0 aliphatic carbocycles. The van der Waals surface area contributed by atoms with Crippen LogP contribution >= 0.6 is 15.9 Å². The highest BCUT2D eigenvalue weighted by atomic mass is 79.9. The van der Waals surface area contributed by atoms with E-state index in [0.717, 1.165) is 21.7 Å². The summed E-state index contributed by atoms with van der Waals surface area (Å²) in [6, 6.07) is 9.00. The standard InChI is InChI=1S/C16H9BrN4O2/c17-13-5-12-8-19-16(7-11(12)6-14(13)21(22)23)20-4-2-10-1-3-18-9-15(10)20/h1-9H. The summed E-state index contributed by atoms with van der Waals surface area (Å²) in [4.78, 5) is 19.3. The number of rotatable bonds is 2. The van der Waals surface area contributed by atoms with Crippen LogP contribution in [0.25, 0.3) is 27.5 Å². The van der Waals surface area contributed by atoms with Crippen molar-refractivity contribution in [2.45, 2.75) is 0 Å². The number of nitrogens with zero attached hydrogens (tertiary/aromatic N) is 4. The molecule has 0 bridgehead atoms. The second-order valence-corrected chi connectivity index (χ2v) is 5.92. The van der Waals surface area contributed by atoms with Gasteiger partial charge in [0.15, 0.2) is 0 Å². The second kappa shape index (κ2) is 5.13. The number of nitro groups is 1. The predicted molar refractivity (Wildman–Crippen MR) is 90.7 cm³/mol. The molecule has 6 nitrogen and oxygen atoms in total. The molecule has 0 saturated heterocycles. The first-order valence-electron chi connectivity index (χ1n) is 6.78. The van der Waals surface area contributed by atoms with E-state index in [1.165, 1.54) is 0 Å². The number of aromatic nitrogens is 3. The molecule has 1 aromatic carbocycles. The molecular weight excluding hydrogens is 360 g/mol. The van der Waals surface area contributed by atoms with Crippen molar-refractivity contribution >= 4 is 43.3 Å². The van der Waals surface area contributed by atoms with Gasteiger partial charge in [-0.25, -0.2) is 4.98 Å². The van der Waals surface area contributed by atoms with Gasteiger partial charge in [-0.1, -0.05) is 0 Å². The SMILES string of the molecule is O=[N+]([O-])c1cc2cc(-n3ccc4ccncc43)ncc2cc1Br. The molecule has 0 spiro atoms. The number of nitro benzene ring substituents is 1. The molecule has 7 heteroatoms. The van der Waals surface area contributed by atoms with Gasteiger partial charge in [-0.2, -0.15) is 0 Å². The highest BCUT2D eigenvalue weighted by molar-refractivity contribution is 9.10. The van der Waals surface area contributed by atoms with Gasteiger partial charge in [0, 0.05) is 35.4 Å². The van der Waals surface area contributed by atoms with E-state index >= 15 is 0 Å². The summed E-state index contributed by atoms with van der Waals surface area (Å²) in [5, 5.41) is 13.8. The Bertz CT molecular complexity index is 1070. The van der Waals surface area contributed by atoms with Crippen LogP contribution < -0.4 is 0 Å². The summed E-state index contributed by atoms with van der Waals surface area (Å²) in [6.45, 7) is 0. The van der Waals surface area contributed by atoms with Gasteiger partial charge >= 0.3 is 0 Å². The van der Waals surface area contributed by atoms with E-state index in [1.807, 2.05) is 29.0 Å². The van der Waals surface area contributed by atoms with Crippen LogP contribution in [0.5, 0.6) is 0 Å². The molecule has 0 aliphatic heterocycles. The topological polar surface area (TPSA) is 73.8 Å². The van der Waals surface area contributed by atoms with Crippen molar-refractivity contribution in [1.29, 1.82) is 0 Å². The molecule has 23 heavy (non-hydrogen) atoms. The number of benzene rings is 1. The first-order chi connectivity index (χ1) is 11.1. The summed E-state index contributed by atoms with van der Waals surface area (Å²) in [5.41, 5.74) is 0.972. The highest BCUT2D eigenvalue weighted by Gasteiger charge is 2.14. The Morgan fingerprint density at radius 2 is 1.96 bits per heavy atom. The lowest BCUT2D eigenvalue weighted by molar-refractivity contribution is -0.385. The third-order valence-electron chi connectivity index (χ3n) is 3.71. The monoisotopic (exact) mass is 368 g/mol. The molecule has 3 heterocycles. The maximum atomic E-state index is 11.1. The van der Waals surface area contributed by atoms with Crippen LogP contribution in [0.3, 0.4) is 0 Å². The molecule has 0 atom stereocenters. The molecule has 3 aromatic heterocycles. The highest BCUT2D eigenvalue weighted by Crippen LogP contribution is 2.31. The number of pyridine rings is 2. The lowest BCUT2D eigenvalue weighted by atomic mass is 10.1. The number of halogens is 1. The Hall–Kier alpha value is -2.80. The average molecular weight is 369 g/mol. The molecule has 0 N–H and O–H groups in total. The molecule has 0 unspecified atom stereocenters. The fourth-order valence-electron chi connectivity index (χ4n) is 2.59. The quantitative estimate of drug-likeness (QED) is 0.391. The minimum absolute atomic E-state index is 0.0358. The Labute approximate surface area is 138 Å². The molecular formula is C16H9BrN4O2. The van der Waals surface area contributed by atoms with Gasteiger partial charge in [0.1, 0.15) is 5.82 Å². The second-order valence-electron chi connectivity index (χ2n) is 5.07. The first-order valence-corrected chi connectivity index (χ1v) is 7.58. The fourth-order valence-corrected chi connectivity index (χ4v) is 3.09. The molecule has 0 amide bonds. The minimum Gasteiger partial charge on any atom is -0.300 e. The zero-order valence-electron chi connectivity index (χ0n) is 11.7. The van der Waals surface area contributed by atoms with Gasteiger partial charge in [-0.15, -0.1) is 0 Å². The number of fused-ring (bicyclic) bond motifs is 2. The summed E-state index contributed by atoms with van der Waals surface area (Å²) in [5.74, 6) is 0.692. The third-order valence-corrected chi connectivity index (χ3v) is 4.35. The molecule has 0 radical (unpaired) electrons. The van der Waals surface area contributed by atoms with Crippen LogP contribution in [-0.2, 0) is 0 Å². The number of hydrogen-bond acceptors (Lipinski definition) is 4.